The van der Waals surface area contributed by atoms with E-state index in [1.165, 1.54) is 25.7 Å². The number of aliphatic carboxylic acids is 1. The lowest BCUT2D eigenvalue weighted by atomic mass is 10.1. The molecule has 4 heteroatoms. The van der Waals surface area contributed by atoms with Gasteiger partial charge in [-0.2, -0.15) is 9.78 Å². The van der Waals surface area contributed by atoms with Gasteiger partial charge < -0.3 is 5.11 Å². The second kappa shape index (κ2) is 12.7. The Morgan fingerprint density at radius 3 is 1.79 bits per heavy atom. The van der Waals surface area contributed by atoms with Crippen LogP contribution in [-0.4, -0.2) is 16.9 Å². The number of carboxylic acids is 1. The van der Waals surface area contributed by atoms with Crippen molar-refractivity contribution in [2.75, 3.05) is 0 Å². The van der Waals surface area contributed by atoms with Crippen molar-refractivity contribution < 1.29 is 19.7 Å². The molecule has 0 radical (unpaired) electrons. The first-order valence-electron chi connectivity index (χ1n) is 8.91. The molecule has 0 unspecified atom stereocenters. The Balaban J connectivity index is 1.95. The van der Waals surface area contributed by atoms with Gasteiger partial charge in [-0.25, -0.2) is 4.79 Å². The van der Waals surface area contributed by atoms with Gasteiger partial charge in [-0.05, 0) is 38.5 Å². The normalized spacial score (nSPS) is 16.9. The van der Waals surface area contributed by atoms with Crippen molar-refractivity contribution in [3.8, 4) is 0 Å². The largest absolute Gasteiger partial charge is 0.477 e. The lowest BCUT2D eigenvalue weighted by Crippen LogP contribution is -2.22. The van der Waals surface area contributed by atoms with Crippen molar-refractivity contribution >= 4 is 5.97 Å². The fourth-order valence-electron chi connectivity index (χ4n) is 2.15. The van der Waals surface area contributed by atoms with E-state index in [-0.39, 0.29) is 0 Å². The zero-order valence-electron chi connectivity index (χ0n) is 14.7. The summed E-state index contributed by atoms with van der Waals surface area (Å²) in [5.74, 6) is -2.44. The SMILES string of the molecule is CCCCC/C=C\C/C=C\C/C=C\C/C=C\CCC1(C(=O)O)OO1. The maximum atomic E-state index is 10.8. The molecule has 0 aliphatic carbocycles. The minimum absolute atomic E-state index is 0.344. The lowest BCUT2D eigenvalue weighted by molar-refractivity contribution is -0.144. The summed E-state index contributed by atoms with van der Waals surface area (Å²) in [6.07, 6.45) is 26.0. The van der Waals surface area contributed by atoms with E-state index in [9.17, 15) is 4.79 Å². The first-order valence-corrected chi connectivity index (χ1v) is 8.91. The maximum absolute atomic E-state index is 10.8. The van der Waals surface area contributed by atoms with Crippen LogP contribution in [0.25, 0.3) is 0 Å². The van der Waals surface area contributed by atoms with Crippen molar-refractivity contribution in [1.29, 1.82) is 0 Å². The minimum atomic E-state index is -1.38. The average Bonchev–Trinajstić information content (AvgIpc) is 3.36. The summed E-state index contributed by atoms with van der Waals surface area (Å²) in [6.45, 7) is 2.22. The van der Waals surface area contributed by atoms with Gasteiger partial charge in [0.05, 0.1) is 0 Å². The van der Waals surface area contributed by atoms with Crippen molar-refractivity contribution in [2.24, 2.45) is 0 Å². The molecular weight excluding hydrogens is 304 g/mol. The number of carbonyl (C=O) groups is 1. The van der Waals surface area contributed by atoms with Crippen LogP contribution in [0.1, 0.15) is 64.7 Å². The topological polar surface area (TPSA) is 62.4 Å². The summed E-state index contributed by atoms with van der Waals surface area (Å²) < 4.78 is 0. The number of allylic oxidation sites excluding steroid dienone is 8. The smallest absolute Gasteiger partial charge is 0.370 e. The quantitative estimate of drug-likeness (QED) is 0.198. The van der Waals surface area contributed by atoms with Crippen LogP contribution in [0.15, 0.2) is 48.6 Å². The summed E-state index contributed by atoms with van der Waals surface area (Å²) in [7, 11) is 0. The molecule has 1 N–H and O–H groups in total. The molecular formula is C20H30O4. The molecule has 0 bridgehead atoms. The standard InChI is InChI=1S/C20H30O4/c1-2-3-4-5-6-7-8-9-10-11-12-13-14-15-16-17-18-20(19(21)22)23-24-20/h6-7,9-10,12-13,15-16H,2-5,8,11,14,17-18H2,1H3,(H,21,22)/b7-6-,10-9-,13-12-,16-15-. The summed E-state index contributed by atoms with van der Waals surface area (Å²) in [5.41, 5.74) is 0. The molecule has 24 heavy (non-hydrogen) atoms. The molecule has 1 heterocycles. The van der Waals surface area contributed by atoms with Gasteiger partial charge in [0.25, 0.3) is 0 Å². The van der Waals surface area contributed by atoms with Crippen LogP contribution in [-0.2, 0) is 14.6 Å². The summed E-state index contributed by atoms with van der Waals surface area (Å²) in [4.78, 5) is 19.8. The second-order valence-corrected chi connectivity index (χ2v) is 5.85. The molecule has 0 amide bonds. The van der Waals surface area contributed by atoms with Crippen LogP contribution >= 0.6 is 0 Å². The Hall–Kier alpha value is -1.65. The van der Waals surface area contributed by atoms with E-state index < -0.39 is 11.8 Å². The third kappa shape index (κ3) is 9.48. The van der Waals surface area contributed by atoms with Gasteiger partial charge in [0, 0.05) is 6.42 Å². The molecule has 0 aromatic rings. The Bertz CT molecular complexity index is 456. The number of hydrogen-bond acceptors (Lipinski definition) is 3. The van der Waals surface area contributed by atoms with Crippen LogP contribution in [0, 0.1) is 0 Å². The number of hydrogen-bond donors (Lipinski definition) is 1. The van der Waals surface area contributed by atoms with E-state index in [1.807, 2.05) is 12.2 Å². The van der Waals surface area contributed by atoms with Crippen LogP contribution in [0.4, 0.5) is 0 Å². The minimum Gasteiger partial charge on any atom is -0.477 e. The number of carboxylic acid groups (broad SMARTS) is 1. The molecule has 0 spiro atoms. The predicted molar refractivity (Wildman–Crippen MR) is 96.3 cm³/mol. The fourth-order valence-corrected chi connectivity index (χ4v) is 2.15. The molecule has 0 aromatic heterocycles. The molecule has 134 valence electrons. The van der Waals surface area contributed by atoms with E-state index in [1.54, 1.807) is 0 Å². The van der Waals surface area contributed by atoms with Crippen LogP contribution in [0.5, 0.6) is 0 Å². The van der Waals surface area contributed by atoms with E-state index >= 15 is 0 Å². The third-order valence-corrected chi connectivity index (χ3v) is 3.71. The first kappa shape index (κ1) is 20.4. The first-order chi connectivity index (χ1) is 11.7. The number of unbranched alkanes of at least 4 members (excludes halogenated alkanes) is 3. The molecule has 1 rings (SSSR count). The predicted octanol–water partition coefficient (Wildman–Crippen LogP) is 5.48. The highest BCUT2D eigenvalue weighted by atomic mass is 17.4. The van der Waals surface area contributed by atoms with E-state index in [0.717, 1.165) is 19.3 Å². The van der Waals surface area contributed by atoms with Gasteiger partial charge in [0.2, 0.25) is 0 Å². The van der Waals surface area contributed by atoms with Gasteiger partial charge in [-0.3, -0.25) is 0 Å². The van der Waals surface area contributed by atoms with Gasteiger partial charge in [-0.1, -0.05) is 68.4 Å². The molecule has 1 aliphatic rings. The Kier molecular flexibility index (Phi) is 10.8. The van der Waals surface area contributed by atoms with Gasteiger partial charge >= 0.3 is 11.8 Å². The molecule has 0 aromatic carbocycles. The second-order valence-electron chi connectivity index (χ2n) is 5.85. The van der Waals surface area contributed by atoms with Crippen molar-refractivity contribution in [1.82, 2.24) is 0 Å². The molecule has 1 saturated heterocycles. The third-order valence-electron chi connectivity index (χ3n) is 3.71. The van der Waals surface area contributed by atoms with Crippen molar-refractivity contribution in [3.63, 3.8) is 0 Å². The van der Waals surface area contributed by atoms with Crippen molar-refractivity contribution in [3.05, 3.63) is 48.6 Å². The van der Waals surface area contributed by atoms with Crippen LogP contribution < -0.4 is 0 Å². The molecule has 4 nitrogen and oxygen atoms in total. The highest BCUT2D eigenvalue weighted by molar-refractivity contribution is 5.76. The van der Waals surface area contributed by atoms with E-state index in [4.69, 9.17) is 5.11 Å². The van der Waals surface area contributed by atoms with Gasteiger partial charge in [0.15, 0.2) is 0 Å². The summed E-state index contributed by atoms with van der Waals surface area (Å²) in [5, 5.41) is 8.83. The number of rotatable bonds is 14. The van der Waals surface area contributed by atoms with E-state index in [0.29, 0.717) is 12.8 Å². The van der Waals surface area contributed by atoms with Crippen LogP contribution in [0.3, 0.4) is 0 Å². The molecule has 0 saturated carbocycles. The average molecular weight is 334 g/mol. The van der Waals surface area contributed by atoms with Crippen LogP contribution in [0.2, 0.25) is 0 Å². The molecule has 1 aliphatic heterocycles. The Morgan fingerprint density at radius 1 is 0.833 bits per heavy atom. The molecule has 1 fully saturated rings. The van der Waals surface area contributed by atoms with Gasteiger partial charge in [-0.15, -0.1) is 0 Å². The summed E-state index contributed by atoms with van der Waals surface area (Å²) in [6, 6.07) is 0. The maximum Gasteiger partial charge on any atom is 0.370 e. The highest BCUT2D eigenvalue weighted by Crippen LogP contribution is 2.34. The van der Waals surface area contributed by atoms with Gasteiger partial charge in [0.1, 0.15) is 0 Å². The highest BCUT2D eigenvalue weighted by Gasteiger charge is 2.56. The monoisotopic (exact) mass is 334 g/mol. The summed E-state index contributed by atoms with van der Waals surface area (Å²) >= 11 is 0. The fraction of sp³-hybridized carbons (Fsp3) is 0.550. The van der Waals surface area contributed by atoms with Crippen molar-refractivity contribution in [2.45, 2.75) is 70.5 Å². The lowest BCUT2D eigenvalue weighted by Gasteiger charge is -1.97. The Labute approximate surface area is 145 Å². The zero-order chi connectivity index (χ0) is 17.5. The van der Waals surface area contributed by atoms with E-state index in [2.05, 4.69) is 53.2 Å². The molecule has 0 atom stereocenters. The Morgan fingerprint density at radius 2 is 1.33 bits per heavy atom. The zero-order valence-corrected chi connectivity index (χ0v) is 14.7.